The van der Waals surface area contributed by atoms with E-state index in [0.29, 0.717) is 6.61 Å². The predicted octanol–water partition coefficient (Wildman–Crippen LogP) is -0.395. The van der Waals surface area contributed by atoms with E-state index in [1.54, 1.807) is 0 Å². The molecular weight excluding hydrogens is 264 g/mol. The molecule has 1 unspecified atom stereocenters. The van der Waals surface area contributed by atoms with Gasteiger partial charge < -0.3 is 19.5 Å². The van der Waals surface area contributed by atoms with Gasteiger partial charge in [-0.3, -0.25) is 4.90 Å². The molecule has 110 valence electrons. The summed E-state index contributed by atoms with van der Waals surface area (Å²) in [5, 5.41) is 18.5. The van der Waals surface area contributed by atoms with Gasteiger partial charge in [0.15, 0.2) is 0 Å². The van der Waals surface area contributed by atoms with Crippen molar-refractivity contribution in [2.45, 2.75) is 13.0 Å². The smallest absolute Gasteiger partial charge is 0.491 e. The minimum Gasteiger partial charge on any atom is -0.491 e. The van der Waals surface area contributed by atoms with E-state index in [9.17, 15) is 14.4 Å². The number of likely N-dealkylation sites (N-methyl/N-ethyl adjacent to an activating group) is 1. The third-order valence-electron chi connectivity index (χ3n) is 3.35. The standard InChI is InChI=1S/C13H19BFNO4/c1-2-16-5-6-19-11(8-16)9-20-13-7-10(15)3-4-12(13)14(17)18/h3-4,7,11,17-18H,2,5-6,8-9H2,1H3. The van der Waals surface area contributed by atoms with E-state index in [0.717, 1.165) is 31.8 Å². The Morgan fingerprint density at radius 2 is 2.30 bits per heavy atom. The normalized spacial score (nSPS) is 19.9. The van der Waals surface area contributed by atoms with Crippen molar-refractivity contribution in [3.63, 3.8) is 0 Å². The molecule has 0 amide bonds. The van der Waals surface area contributed by atoms with Crippen molar-refractivity contribution in [2.24, 2.45) is 0 Å². The molecule has 2 rings (SSSR count). The van der Waals surface area contributed by atoms with E-state index in [-0.39, 0.29) is 23.9 Å². The van der Waals surface area contributed by atoms with Crippen molar-refractivity contribution in [2.75, 3.05) is 32.8 Å². The Balaban J connectivity index is 1.98. The highest BCUT2D eigenvalue weighted by molar-refractivity contribution is 6.59. The van der Waals surface area contributed by atoms with Gasteiger partial charge in [0.1, 0.15) is 24.3 Å². The van der Waals surface area contributed by atoms with Crippen LogP contribution < -0.4 is 10.2 Å². The lowest BCUT2D eigenvalue weighted by molar-refractivity contribution is -0.0463. The van der Waals surface area contributed by atoms with E-state index < -0.39 is 12.9 Å². The molecule has 1 aliphatic heterocycles. The largest absolute Gasteiger partial charge is 0.492 e. The molecule has 0 aliphatic carbocycles. The van der Waals surface area contributed by atoms with Crippen molar-refractivity contribution in [3.05, 3.63) is 24.0 Å². The molecule has 1 saturated heterocycles. The van der Waals surface area contributed by atoms with Gasteiger partial charge in [-0.15, -0.1) is 0 Å². The topological polar surface area (TPSA) is 62.2 Å². The molecule has 0 saturated carbocycles. The number of benzene rings is 1. The molecule has 5 nitrogen and oxygen atoms in total. The predicted molar refractivity (Wildman–Crippen MR) is 73.6 cm³/mol. The number of halogens is 1. The van der Waals surface area contributed by atoms with Gasteiger partial charge in [-0.25, -0.2) is 4.39 Å². The molecule has 1 fully saturated rings. The van der Waals surface area contributed by atoms with Gasteiger partial charge >= 0.3 is 7.12 Å². The second-order valence-electron chi connectivity index (χ2n) is 4.75. The second kappa shape index (κ2) is 7.03. The van der Waals surface area contributed by atoms with Crippen LogP contribution in [0.15, 0.2) is 18.2 Å². The summed E-state index contributed by atoms with van der Waals surface area (Å²) in [5.74, 6) is -0.346. The van der Waals surface area contributed by atoms with Crippen LogP contribution in [0.25, 0.3) is 0 Å². The number of nitrogens with zero attached hydrogens (tertiary/aromatic N) is 1. The Labute approximate surface area is 118 Å². The SMILES string of the molecule is CCN1CCOC(COc2cc(F)ccc2B(O)O)C1. The summed E-state index contributed by atoms with van der Waals surface area (Å²) in [6.07, 6.45) is -0.101. The molecule has 1 atom stereocenters. The van der Waals surface area contributed by atoms with Gasteiger partial charge in [0.25, 0.3) is 0 Å². The average molecular weight is 283 g/mol. The summed E-state index contributed by atoms with van der Waals surface area (Å²) in [6.45, 7) is 5.56. The van der Waals surface area contributed by atoms with Crippen LogP contribution in [0.4, 0.5) is 4.39 Å². The molecule has 1 aromatic rings. The molecule has 2 N–H and O–H groups in total. The summed E-state index contributed by atoms with van der Waals surface area (Å²) in [5.41, 5.74) is 0.148. The summed E-state index contributed by atoms with van der Waals surface area (Å²) in [4.78, 5) is 2.24. The molecule has 1 aromatic carbocycles. The second-order valence-corrected chi connectivity index (χ2v) is 4.75. The molecule has 0 radical (unpaired) electrons. The molecule has 1 aliphatic rings. The highest BCUT2D eigenvalue weighted by atomic mass is 19.1. The van der Waals surface area contributed by atoms with Crippen molar-refractivity contribution in [1.29, 1.82) is 0 Å². The number of hydrogen-bond acceptors (Lipinski definition) is 5. The molecule has 7 heteroatoms. The van der Waals surface area contributed by atoms with Crippen LogP contribution in [0.3, 0.4) is 0 Å². The lowest BCUT2D eigenvalue weighted by atomic mass is 9.79. The van der Waals surface area contributed by atoms with Crippen LogP contribution in [-0.2, 0) is 4.74 Å². The Kier molecular flexibility index (Phi) is 5.36. The van der Waals surface area contributed by atoms with Crippen LogP contribution in [0, 0.1) is 5.82 Å². The lowest BCUT2D eigenvalue weighted by Gasteiger charge is -2.32. The average Bonchev–Trinajstić information content (AvgIpc) is 2.45. The van der Waals surface area contributed by atoms with Crippen molar-refractivity contribution < 1.29 is 23.9 Å². The zero-order valence-electron chi connectivity index (χ0n) is 11.5. The monoisotopic (exact) mass is 283 g/mol. The minimum atomic E-state index is -1.69. The molecule has 0 spiro atoms. The summed E-state index contributed by atoms with van der Waals surface area (Å²) in [7, 11) is -1.69. The molecule has 0 aromatic heterocycles. The maximum atomic E-state index is 13.2. The van der Waals surface area contributed by atoms with E-state index in [2.05, 4.69) is 11.8 Å². The Bertz CT molecular complexity index is 446. The fraction of sp³-hybridized carbons (Fsp3) is 0.538. The zero-order valence-corrected chi connectivity index (χ0v) is 11.5. The van der Waals surface area contributed by atoms with Crippen LogP contribution in [0.5, 0.6) is 5.75 Å². The first kappa shape index (κ1) is 15.2. The molecule has 1 heterocycles. The van der Waals surface area contributed by atoms with Gasteiger partial charge in [-0.1, -0.05) is 13.0 Å². The van der Waals surface area contributed by atoms with Gasteiger partial charge in [0, 0.05) is 24.6 Å². The van der Waals surface area contributed by atoms with Crippen molar-refractivity contribution in [3.8, 4) is 5.75 Å². The fourth-order valence-corrected chi connectivity index (χ4v) is 2.20. The van der Waals surface area contributed by atoms with Crippen molar-refractivity contribution >= 4 is 12.6 Å². The molecule has 20 heavy (non-hydrogen) atoms. The first-order valence-corrected chi connectivity index (χ1v) is 6.72. The zero-order chi connectivity index (χ0) is 14.5. The third-order valence-corrected chi connectivity index (χ3v) is 3.35. The fourth-order valence-electron chi connectivity index (χ4n) is 2.20. The van der Waals surface area contributed by atoms with Crippen LogP contribution >= 0.6 is 0 Å². The summed E-state index contributed by atoms with van der Waals surface area (Å²) < 4.78 is 24.3. The first-order valence-electron chi connectivity index (χ1n) is 6.72. The van der Waals surface area contributed by atoms with E-state index in [1.807, 2.05) is 0 Å². The van der Waals surface area contributed by atoms with Gasteiger partial charge in [-0.2, -0.15) is 0 Å². The maximum absolute atomic E-state index is 13.2. The molecule has 0 bridgehead atoms. The van der Waals surface area contributed by atoms with E-state index in [4.69, 9.17) is 9.47 Å². The quantitative estimate of drug-likeness (QED) is 0.720. The number of hydrogen-bond donors (Lipinski definition) is 2. The van der Waals surface area contributed by atoms with Crippen LogP contribution in [0.2, 0.25) is 0 Å². The van der Waals surface area contributed by atoms with Crippen molar-refractivity contribution in [1.82, 2.24) is 4.90 Å². The van der Waals surface area contributed by atoms with Gasteiger partial charge in [-0.05, 0) is 12.6 Å². The highest BCUT2D eigenvalue weighted by Crippen LogP contribution is 2.13. The summed E-state index contributed by atoms with van der Waals surface area (Å²) >= 11 is 0. The van der Waals surface area contributed by atoms with Gasteiger partial charge in [0.05, 0.1) is 6.61 Å². The Hall–Kier alpha value is -1.15. The number of rotatable bonds is 5. The Morgan fingerprint density at radius 3 is 3.00 bits per heavy atom. The van der Waals surface area contributed by atoms with Crippen LogP contribution in [0.1, 0.15) is 6.92 Å². The lowest BCUT2D eigenvalue weighted by Crippen LogP contribution is -2.45. The number of ether oxygens (including phenoxy) is 2. The minimum absolute atomic E-state index is 0.101. The summed E-state index contributed by atoms with van der Waals surface area (Å²) in [6, 6.07) is 3.61. The number of morpholine rings is 1. The Morgan fingerprint density at radius 1 is 1.50 bits per heavy atom. The molecular formula is C13H19BFNO4. The van der Waals surface area contributed by atoms with Crippen LogP contribution in [-0.4, -0.2) is 61.0 Å². The third kappa shape index (κ3) is 3.93. The highest BCUT2D eigenvalue weighted by Gasteiger charge is 2.22. The first-order chi connectivity index (χ1) is 9.60. The van der Waals surface area contributed by atoms with E-state index in [1.165, 1.54) is 6.07 Å². The van der Waals surface area contributed by atoms with Gasteiger partial charge in [0.2, 0.25) is 0 Å². The van der Waals surface area contributed by atoms with E-state index >= 15 is 0 Å². The maximum Gasteiger partial charge on any atom is 0.492 e.